The zero-order valence-electron chi connectivity index (χ0n) is 10.5. The predicted octanol–water partition coefficient (Wildman–Crippen LogP) is 2.35. The van der Waals surface area contributed by atoms with Gasteiger partial charge in [-0.05, 0) is 36.2 Å². The number of aromatic hydroxyl groups is 2. The Morgan fingerprint density at radius 3 is 2.80 bits per heavy atom. The first kappa shape index (κ1) is 12.8. The maximum atomic E-state index is 9.48. The van der Waals surface area contributed by atoms with E-state index in [9.17, 15) is 10.2 Å². The molecule has 2 heterocycles. The van der Waals surface area contributed by atoms with Gasteiger partial charge in [0.1, 0.15) is 15.4 Å². The highest BCUT2D eigenvalue weighted by molar-refractivity contribution is 7.18. The molecule has 102 valence electrons. The van der Waals surface area contributed by atoms with Crippen molar-refractivity contribution in [2.24, 2.45) is 5.73 Å². The zero-order valence-corrected chi connectivity index (χ0v) is 11.3. The SMILES string of the molecule is NC(Cc1ccc(O)c(O)c1)c1nc2cccnc2s1. The first-order chi connectivity index (χ1) is 9.63. The molecule has 0 radical (unpaired) electrons. The van der Waals surface area contributed by atoms with Gasteiger partial charge in [0, 0.05) is 6.20 Å². The van der Waals surface area contributed by atoms with Crippen LogP contribution in [0.4, 0.5) is 0 Å². The molecule has 0 aliphatic rings. The van der Waals surface area contributed by atoms with Crippen molar-refractivity contribution in [3.05, 3.63) is 47.1 Å². The normalized spacial score (nSPS) is 12.7. The van der Waals surface area contributed by atoms with Gasteiger partial charge in [0.05, 0.1) is 6.04 Å². The molecule has 6 heteroatoms. The molecule has 1 aromatic carbocycles. The zero-order chi connectivity index (χ0) is 14.1. The number of nitrogens with two attached hydrogens (primary N) is 1. The highest BCUT2D eigenvalue weighted by Gasteiger charge is 2.14. The van der Waals surface area contributed by atoms with Gasteiger partial charge in [-0.25, -0.2) is 9.97 Å². The van der Waals surface area contributed by atoms with E-state index in [-0.39, 0.29) is 17.5 Å². The van der Waals surface area contributed by atoms with Crippen molar-refractivity contribution in [1.82, 2.24) is 9.97 Å². The van der Waals surface area contributed by atoms with Crippen molar-refractivity contribution in [2.45, 2.75) is 12.5 Å². The number of aromatic nitrogens is 2. The minimum absolute atomic E-state index is 0.133. The smallest absolute Gasteiger partial charge is 0.157 e. The number of thiazole rings is 1. The van der Waals surface area contributed by atoms with Crippen molar-refractivity contribution >= 4 is 21.7 Å². The first-order valence-electron chi connectivity index (χ1n) is 6.11. The molecule has 5 nitrogen and oxygen atoms in total. The molecule has 0 amide bonds. The Labute approximate surface area is 119 Å². The molecule has 2 aromatic heterocycles. The van der Waals surface area contributed by atoms with Crippen molar-refractivity contribution < 1.29 is 10.2 Å². The van der Waals surface area contributed by atoms with Crippen molar-refractivity contribution in [3.8, 4) is 11.5 Å². The van der Waals surface area contributed by atoms with Crippen LogP contribution in [0.3, 0.4) is 0 Å². The summed E-state index contributed by atoms with van der Waals surface area (Å²) >= 11 is 1.47. The van der Waals surface area contributed by atoms with Gasteiger partial charge in [-0.1, -0.05) is 17.4 Å². The largest absolute Gasteiger partial charge is 0.504 e. The summed E-state index contributed by atoms with van der Waals surface area (Å²) in [6.07, 6.45) is 2.27. The summed E-state index contributed by atoms with van der Waals surface area (Å²) in [6, 6.07) is 8.19. The van der Waals surface area contributed by atoms with Crippen LogP contribution < -0.4 is 5.73 Å². The Balaban J connectivity index is 1.84. The van der Waals surface area contributed by atoms with Crippen molar-refractivity contribution in [3.63, 3.8) is 0 Å². The van der Waals surface area contributed by atoms with Gasteiger partial charge in [-0.3, -0.25) is 0 Å². The Bertz CT molecular complexity index is 724. The van der Waals surface area contributed by atoms with E-state index in [1.165, 1.54) is 23.5 Å². The molecule has 0 bridgehead atoms. The van der Waals surface area contributed by atoms with Crippen LogP contribution in [-0.2, 0) is 6.42 Å². The van der Waals surface area contributed by atoms with Gasteiger partial charge in [0.2, 0.25) is 0 Å². The fraction of sp³-hybridized carbons (Fsp3) is 0.143. The quantitative estimate of drug-likeness (QED) is 0.643. The number of fused-ring (bicyclic) bond motifs is 1. The molecule has 20 heavy (non-hydrogen) atoms. The minimum Gasteiger partial charge on any atom is -0.504 e. The number of phenols is 2. The van der Waals surface area contributed by atoms with Gasteiger partial charge >= 0.3 is 0 Å². The van der Waals surface area contributed by atoms with Crippen LogP contribution in [-0.4, -0.2) is 20.2 Å². The molecule has 4 N–H and O–H groups in total. The highest BCUT2D eigenvalue weighted by atomic mass is 32.1. The second-order valence-electron chi connectivity index (χ2n) is 4.51. The monoisotopic (exact) mass is 287 g/mol. The van der Waals surface area contributed by atoms with Crippen LogP contribution in [0.2, 0.25) is 0 Å². The molecule has 0 aliphatic carbocycles. The number of hydrogen-bond acceptors (Lipinski definition) is 6. The molecular weight excluding hydrogens is 274 g/mol. The van der Waals surface area contributed by atoms with Crippen LogP contribution in [0.25, 0.3) is 10.3 Å². The van der Waals surface area contributed by atoms with Crippen LogP contribution in [0.15, 0.2) is 36.5 Å². The van der Waals surface area contributed by atoms with Crippen LogP contribution in [0.5, 0.6) is 11.5 Å². The molecule has 1 unspecified atom stereocenters. The molecule has 0 saturated carbocycles. The summed E-state index contributed by atoms with van der Waals surface area (Å²) in [5.74, 6) is -0.271. The lowest BCUT2D eigenvalue weighted by Crippen LogP contribution is -2.12. The molecule has 3 aromatic rings. The maximum absolute atomic E-state index is 9.48. The summed E-state index contributed by atoms with van der Waals surface area (Å²) in [5.41, 5.74) is 7.85. The molecule has 3 rings (SSSR count). The van der Waals surface area contributed by atoms with E-state index < -0.39 is 0 Å². The third-order valence-electron chi connectivity index (χ3n) is 3.00. The average Bonchev–Trinajstić information content (AvgIpc) is 2.87. The molecule has 0 aliphatic heterocycles. The lowest BCUT2D eigenvalue weighted by Gasteiger charge is -2.09. The third kappa shape index (κ3) is 2.43. The fourth-order valence-corrected chi connectivity index (χ4v) is 2.89. The van der Waals surface area contributed by atoms with E-state index in [0.717, 1.165) is 20.9 Å². The van der Waals surface area contributed by atoms with Gasteiger partial charge in [0.15, 0.2) is 11.5 Å². The standard InChI is InChI=1S/C14H13N3O2S/c15-9(6-8-3-4-11(18)12(19)7-8)13-17-10-2-1-5-16-14(10)20-13/h1-5,7,9,18-19H,6,15H2. The van der Waals surface area contributed by atoms with E-state index in [0.29, 0.717) is 6.42 Å². The average molecular weight is 287 g/mol. The Hall–Kier alpha value is -2.18. The lowest BCUT2D eigenvalue weighted by atomic mass is 10.1. The predicted molar refractivity (Wildman–Crippen MR) is 77.8 cm³/mol. The molecule has 0 fully saturated rings. The summed E-state index contributed by atoms with van der Waals surface area (Å²) in [4.78, 5) is 9.58. The highest BCUT2D eigenvalue weighted by Crippen LogP contribution is 2.29. The number of phenolic OH excluding ortho intramolecular Hbond substituents is 2. The Morgan fingerprint density at radius 1 is 1.20 bits per heavy atom. The van der Waals surface area contributed by atoms with Crippen LogP contribution >= 0.6 is 11.3 Å². The molecule has 0 saturated heterocycles. The number of pyridine rings is 1. The number of benzene rings is 1. The molecule has 0 spiro atoms. The Kier molecular flexibility index (Phi) is 3.25. The van der Waals surface area contributed by atoms with E-state index in [4.69, 9.17) is 5.73 Å². The van der Waals surface area contributed by atoms with E-state index >= 15 is 0 Å². The van der Waals surface area contributed by atoms with Crippen LogP contribution in [0, 0.1) is 0 Å². The summed E-state index contributed by atoms with van der Waals surface area (Å²) < 4.78 is 0. The van der Waals surface area contributed by atoms with Gasteiger partial charge in [-0.2, -0.15) is 0 Å². The number of nitrogens with zero attached hydrogens (tertiary/aromatic N) is 2. The van der Waals surface area contributed by atoms with Gasteiger partial charge in [-0.15, -0.1) is 0 Å². The van der Waals surface area contributed by atoms with Gasteiger partial charge in [0.25, 0.3) is 0 Å². The van der Waals surface area contributed by atoms with Crippen molar-refractivity contribution in [1.29, 1.82) is 0 Å². The number of hydrogen-bond donors (Lipinski definition) is 3. The summed E-state index contributed by atoms with van der Waals surface area (Å²) in [5, 5.41) is 19.6. The second-order valence-corrected chi connectivity index (χ2v) is 5.52. The molecular formula is C14H13N3O2S. The van der Waals surface area contributed by atoms with Crippen molar-refractivity contribution in [2.75, 3.05) is 0 Å². The number of rotatable bonds is 3. The first-order valence-corrected chi connectivity index (χ1v) is 6.93. The fourth-order valence-electron chi connectivity index (χ4n) is 1.98. The van der Waals surface area contributed by atoms with Gasteiger partial charge < -0.3 is 15.9 Å². The third-order valence-corrected chi connectivity index (χ3v) is 4.11. The van der Waals surface area contributed by atoms with E-state index in [1.807, 2.05) is 12.1 Å². The van der Waals surface area contributed by atoms with E-state index in [1.54, 1.807) is 12.3 Å². The van der Waals surface area contributed by atoms with Crippen LogP contribution in [0.1, 0.15) is 16.6 Å². The Morgan fingerprint density at radius 2 is 2.05 bits per heavy atom. The molecule has 1 atom stereocenters. The topological polar surface area (TPSA) is 92.3 Å². The second kappa shape index (κ2) is 5.07. The minimum atomic E-state index is -0.266. The van der Waals surface area contributed by atoms with E-state index in [2.05, 4.69) is 9.97 Å². The lowest BCUT2D eigenvalue weighted by molar-refractivity contribution is 0.403. The summed E-state index contributed by atoms with van der Waals surface area (Å²) in [6.45, 7) is 0. The maximum Gasteiger partial charge on any atom is 0.157 e. The summed E-state index contributed by atoms with van der Waals surface area (Å²) in [7, 11) is 0.